The molecule has 0 amide bonds. The van der Waals surface area contributed by atoms with E-state index in [0.717, 1.165) is 69.9 Å². The van der Waals surface area contributed by atoms with E-state index in [1.54, 1.807) is 0 Å². The number of morpholine rings is 1. The van der Waals surface area contributed by atoms with Crippen LogP contribution in [0, 0.1) is 0 Å². The minimum absolute atomic E-state index is 0.165. The molecule has 1 N–H and O–H groups in total. The van der Waals surface area contributed by atoms with Gasteiger partial charge in [-0.3, -0.25) is 4.90 Å². The lowest BCUT2D eigenvalue weighted by Crippen LogP contribution is -2.59. The third-order valence-corrected chi connectivity index (χ3v) is 6.77. The van der Waals surface area contributed by atoms with Crippen LogP contribution in [-0.4, -0.2) is 65.9 Å². The molecule has 0 spiro atoms. The second-order valence-corrected chi connectivity index (χ2v) is 8.33. The number of rotatable bonds is 5. The first-order chi connectivity index (χ1) is 12.4. The van der Waals surface area contributed by atoms with Crippen LogP contribution in [0.1, 0.15) is 56.7 Å². The molecule has 140 valence electrons. The molecule has 7 heteroatoms. The van der Waals surface area contributed by atoms with Crippen LogP contribution in [-0.2, 0) is 9.47 Å². The Bertz CT molecular complexity index is 535. The molecule has 1 aliphatic carbocycles. The third kappa shape index (κ3) is 4.15. The molecule has 6 nitrogen and oxygen atoms in total. The van der Waals surface area contributed by atoms with Crippen molar-refractivity contribution in [3.63, 3.8) is 0 Å². The van der Waals surface area contributed by atoms with Crippen LogP contribution in [0.25, 0.3) is 0 Å². The first kappa shape index (κ1) is 17.6. The van der Waals surface area contributed by atoms with Crippen LogP contribution in [0.3, 0.4) is 0 Å². The van der Waals surface area contributed by atoms with Crippen molar-refractivity contribution in [2.24, 2.45) is 0 Å². The van der Waals surface area contributed by atoms with Gasteiger partial charge in [0.25, 0.3) is 0 Å². The molecule has 3 heterocycles. The van der Waals surface area contributed by atoms with E-state index in [0.29, 0.717) is 5.92 Å². The summed E-state index contributed by atoms with van der Waals surface area (Å²) in [5, 5.41) is 4.60. The molecule has 2 aliphatic heterocycles. The van der Waals surface area contributed by atoms with Crippen molar-refractivity contribution in [1.82, 2.24) is 14.3 Å². The quantitative estimate of drug-likeness (QED) is 0.865. The van der Waals surface area contributed by atoms with Crippen molar-refractivity contribution in [3.05, 3.63) is 5.82 Å². The topological polar surface area (TPSA) is 59.5 Å². The zero-order chi connectivity index (χ0) is 17.0. The maximum absolute atomic E-state index is 5.64. The fourth-order valence-corrected chi connectivity index (χ4v) is 5.11. The highest BCUT2D eigenvalue weighted by Crippen LogP contribution is 2.33. The summed E-state index contributed by atoms with van der Waals surface area (Å²) in [5.41, 5.74) is 0.165. The molecular weight excluding hydrogens is 336 g/mol. The van der Waals surface area contributed by atoms with Gasteiger partial charge in [-0.15, -0.1) is 0 Å². The van der Waals surface area contributed by atoms with Gasteiger partial charge in [-0.05, 0) is 25.7 Å². The molecule has 1 aromatic rings. The number of ether oxygens (including phenoxy) is 2. The van der Waals surface area contributed by atoms with Crippen molar-refractivity contribution in [3.8, 4) is 0 Å². The minimum Gasteiger partial charge on any atom is -0.381 e. The molecule has 0 aromatic carbocycles. The summed E-state index contributed by atoms with van der Waals surface area (Å²) in [4.78, 5) is 7.42. The average molecular weight is 367 g/mol. The summed E-state index contributed by atoms with van der Waals surface area (Å²) in [6.45, 7) is 6.34. The fraction of sp³-hybridized carbons (Fsp3) is 0.889. The summed E-state index contributed by atoms with van der Waals surface area (Å²) < 4.78 is 15.8. The first-order valence-corrected chi connectivity index (χ1v) is 10.6. The molecular formula is C18H30N4O2S. The zero-order valence-corrected chi connectivity index (χ0v) is 15.9. The predicted octanol–water partition coefficient (Wildman–Crippen LogP) is 2.88. The molecule has 0 unspecified atom stereocenters. The van der Waals surface area contributed by atoms with Crippen molar-refractivity contribution in [1.29, 1.82) is 0 Å². The number of hydrogen-bond donors (Lipinski definition) is 1. The monoisotopic (exact) mass is 366 g/mol. The van der Waals surface area contributed by atoms with E-state index in [1.807, 2.05) is 0 Å². The van der Waals surface area contributed by atoms with E-state index >= 15 is 0 Å². The molecule has 3 fully saturated rings. The summed E-state index contributed by atoms with van der Waals surface area (Å²) in [5.74, 6) is 1.65. The van der Waals surface area contributed by atoms with Gasteiger partial charge in [0.05, 0.1) is 13.2 Å². The van der Waals surface area contributed by atoms with Crippen molar-refractivity contribution < 1.29 is 9.47 Å². The van der Waals surface area contributed by atoms with Crippen LogP contribution < -0.4 is 5.32 Å². The molecule has 0 radical (unpaired) electrons. The van der Waals surface area contributed by atoms with Crippen LogP contribution in [0.15, 0.2) is 0 Å². The Labute approximate surface area is 154 Å². The Morgan fingerprint density at radius 1 is 1.04 bits per heavy atom. The molecule has 2 saturated heterocycles. The van der Waals surface area contributed by atoms with Crippen LogP contribution >= 0.6 is 11.5 Å². The first-order valence-electron chi connectivity index (χ1n) is 9.84. The van der Waals surface area contributed by atoms with E-state index in [1.165, 1.54) is 43.6 Å². The van der Waals surface area contributed by atoms with Gasteiger partial charge < -0.3 is 14.8 Å². The van der Waals surface area contributed by atoms with E-state index in [4.69, 9.17) is 14.5 Å². The zero-order valence-electron chi connectivity index (χ0n) is 15.0. The number of hydrogen-bond acceptors (Lipinski definition) is 7. The van der Waals surface area contributed by atoms with Gasteiger partial charge in [-0.25, -0.2) is 4.98 Å². The maximum atomic E-state index is 5.64. The molecule has 4 rings (SSSR count). The fourth-order valence-electron chi connectivity index (χ4n) is 4.47. The van der Waals surface area contributed by atoms with Gasteiger partial charge in [-0.2, -0.15) is 4.37 Å². The lowest BCUT2D eigenvalue weighted by atomic mass is 9.87. The lowest BCUT2D eigenvalue weighted by molar-refractivity contribution is -0.0652. The van der Waals surface area contributed by atoms with Gasteiger partial charge >= 0.3 is 0 Å². The summed E-state index contributed by atoms with van der Waals surface area (Å²) in [6, 6.07) is 0. The summed E-state index contributed by atoms with van der Waals surface area (Å²) in [6.07, 6.45) is 8.69. The SMILES string of the molecule is C1CCC(c2nsc(NCC3(N4CCOCC4)CCOCC3)n2)CC1. The predicted molar refractivity (Wildman–Crippen MR) is 99.4 cm³/mol. The highest BCUT2D eigenvalue weighted by atomic mass is 32.1. The van der Waals surface area contributed by atoms with Crippen LogP contribution in [0.2, 0.25) is 0 Å². The second kappa shape index (κ2) is 8.29. The van der Waals surface area contributed by atoms with E-state index in [9.17, 15) is 0 Å². The average Bonchev–Trinajstić information content (AvgIpc) is 3.18. The number of anilines is 1. The molecule has 0 bridgehead atoms. The normalized spacial score (nSPS) is 25.8. The van der Waals surface area contributed by atoms with E-state index in [2.05, 4.69) is 14.6 Å². The van der Waals surface area contributed by atoms with Crippen molar-refractivity contribution in [2.75, 3.05) is 51.4 Å². The largest absolute Gasteiger partial charge is 0.381 e. The summed E-state index contributed by atoms with van der Waals surface area (Å²) >= 11 is 1.53. The molecule has 0 atom stereocenters. The van der Waals surface area contributed by atoms with Crippen LogP contribution in [0.4, 0.5) is 5.13 Å². The van der Waals surface area contributed by atoms with E-state index < -0.39 is 0 Å². The number of nitrogens with zero attached hydrogens (tertiary/aromatic N) is 3. The molecule has 1 saturated carbocycles. The Morgan fingerprint density at radius 3 is 2.52 bits per heavy atom. The molecule has 25 heavy (non-hydrogen) atoms. The Kier molecular flexibility index (Phi) is 5.85. The molecule has 3 aliphatic rings. The summed E-state index contributed by atoms with van der Waals surface area (Å²) in [7, 11) is 0. The van der Waals surface area contributed by atoms with Gasteiger partial charge in [0.1, 0.15) is 5.82 Å². The smallest absolute Gasteiger partial charge is 0.202 e. The molecule has 1 aromatic heterocycles. The van der Waals surface area contributed by atoms with Crippen molar-refractivity contribution >= 4 is 16.7 Å². The second-order valence-electron chi connectivity index (χ2n) is 7.58. The van der Waals surface area contributed by atoms with Crippen molar-refractivity contribution in [2.45, 2.75) is 56.4 Å². The Hall–Kier alpha value is -0.760. The Morgan fingerprint density at radius 2 is 1.76 bits per heavy atom. The minimum atomic E-state index is 0.165. The highest BCUT2D eigenvalue weighted by Gasteiger charge is 2.39. The highest BCUT2D eigenvalue weighted by molar-refractivity contribution is 7.09. The van der Waals surface area contributed by atoms with E-state index in [-0.39, 0.29) is 5.54 Å². The van der Waals surface area contributed by atoms with Gasteiger partial charge in [0, 0.05) is 55.8 Å². The maximum Gasteiger partial charge on any atom is 0.202 e. The van der Waals surface area contributed by atoms with Gasteiger partial charge in [0.15, 0.2) is 0 Å². The lowest BCUT2D eigenvalue weighted by Gasteiger charge is -2.47. The standard InChI is InChI=1S/C18H30N4O2S/c1-2-4-15(5-3-1)16-20-17(25-21-16)19-14-18(6-10-23-11-7-18)22-8-12-24-13-9-22/h15H,1-14H2,(H,19,20,21). The van der Waals surface area contributed by atoms with Crippen LogP contribution in [0.5, 0.6) is 0 Å². The van der Waals surface area contributed by atoms with Gasteiger partial charge in [0.2, 0.25) is 5.13 Å². The third-order valence-electron chi connectivity index (χ3n) is 6.09. The number of aromatic nitrogens is 2. The number of nitrogens with one attached hydrogen (secondary N) is 1. The van der Waals surface area contributed by atoms with Gasteiger partial charge in [-0.1, -0.05) is 19.3 Å². The Balaban J connectivity index is 1.39.